The van der Waals surface area contributed by atoms with Gasteiger partial charge in [0.1, 0.15) is 5.82 Å². The summed E-state index contributed by atoms with van der Waals surface area (Å²) in [5.74, 6) is 0.578. The average Bonchev–Trinajstić information content (AvgIpc) is 2.54. The second-order valence-electron chi connectivity index (χ2n) is 6.33. The van der Waals surface area contributed by atoms with E-state index < -0.39 is 11.7 Å². The van der Waals surface area contributed by atoms with Crippen LogP contribution in [0, 0.1) is 11.8 Å². The van der Waals surface area contributed by atoms with Crippen LogP contribution in [0.3, 0.4) is 0 Å². The highest BCUT2D eigenvalue weighted by Crippen LogP contribution is 2.29. The molecule has 1 unspecified atom stereocenters. The summed E-state index contributed by atoms with van der Waals surface area (Å²) in [5, 5.41) is 8.94. The molecule has 3 N–H and O–H groups in total. The summed E-state index contributed by atoms with van der Waals surface area (Å²) in [4.78, 5) is 15.9. The SMILES string of the molecule is CC(C(=O)Nc1ccc(Nc2ccc(C(F)(F)F)cn2)cc1)C1CNC1. The molecular weight excluding hydrogens is 345 g/mol. The maximum atomic E-state index is 12.5. The van der Waals surface area contributed by atoms with Crippen molar-refractivity contribution in [3.8, 4) is 0 Å². The Bertz CT molecular complexity index is 756. The Hall–Kier alpha value is -2.61. The average molecular weight is 364 g/mol. The molecule has 0 spiro atoms. The van der Waals surface area contributed by atoms with E-state index >= 15 is 0 Å². The third-order valence-corrected chi connectivity index (χ3v) is 4.45. The molecule has 1 aromatic heterocycles. The molecule has 26 heavy (non-hydrogen) atoms. The first kappa shape index (κ1) is 18.2. The highest BCUT2D eigenvalue weighted by Gasteiger charge is 2.30. The smallest absolute Gasteiger partial charge is 0.340 e. The number of carbonyl (C=O) groups excluding carboxylic acids is 1. The Morgan fingerprint density at radius 2 is 1.81 bits per heavy atom. The van der Waals surface area contributed by atoms with E-state index in [1.54, 1.807) is 24.3 Å². The molecule has 138 valence electrons. The molecular formula is C18H19F3N4O. The number of alkyl halides is 3. The van der Waals surface area contributed by atoms with Crippen LogP contribution in [0.25, 0.3) is 0 Å². The first-order valence-electron chi connectivity index (χ1n) is 8.25. The second kappa shape index (κ2) is 7.33. The third-order valence-electron chi connectivity index (χ3n) is 4.45. The zero-order chi connectivity index (χ0) is 18.7. The molecule has 8 heteroatoms. The molecule has 1 aromatic carbocycles. The predicted molar refractivity (Wildman–Crippen MR) is 93.1 cm³/mol. The summed E-state index contributed by atoms with van der Waals surface area (Å²) in [6.07, 6.45) is -3.62. The number of pyridine rings is 1. The van der Waals surface area contributed by atoms with E-state index in [2.05, 4.69) is 20.9 Å². The first-order valence-corrected chi connectivity index (χ1v) is 8.25. The van der Waals surface area contributed by atoms with Crippen molar-refractivity contribution in [2.24, 2.45) is 11.8 Å². The van der Waals surface area contributed by atoms with Crippen molar-refractivity contribution in [2.75, 3.05) is 23.7 Å². The van der Waals surface area contributed by atoms with Crippen LogP contribution in [0.5, 0.6) is 0 Å². The molecule has 1 saturated heterocycles. The van der Waals surface area contributed by atoms with Crippen molar-refractivity contribution in [1.29, 1.82) is 0 Å². The van der Waals surface area contributed by atoms with Gasteiger partial charge in [-0.15, -0.1) is 0 Å². The predicted octanol–water partition coefficient (Wildman–Crippen LogP) is 3.64. The fourth-order valence-electron chi connectivity index (χ4n) is 2.55. The van der Waals surface area contributed by atoms with E-state index in [0.717, 1.165) is 25.4 Å². The summed E-state index contributed by atoms with van der Waals surface area (Å²) in [6.45, 7) is 3.63. The molecule has 2 aromatic rings. The second-order valence-corrected chi connectivity index (χ2v) is 6.33. The molecule has 0 bridgehead atoms. The minimum absolute atomic E-state index is 0.0263. The van der Waals surface area contributed by atoms with E-state index in [4.69, 9.17) is 0 Å². The van der Waals surface area contributed by atoms with Gasteiger partial charge in [-0.1, -0.05) is 6.92 Å². The summed E-state index contributed by atoms with van der Waals surface area (Å²) in [6, 6.07) is 9.16. The Labute approximate surface area is 149 Å². The molecule has 3 rings (SSSR count). The van der Waals surface area contributed by atoms with Gasteiger partial charge in [0.25, 0.3) is 0 Å². The molecule has 2 heterocycles. The van der Waals surface area contributed by atoms with Crippen molar-refractivity contribution in [1.82, 2.24) is 10.3 Å². The number of anilines is 3. The number of nitrogens with zero attached hydrogens (tertiary/aromatic N) is 1. The van der Waals surface area contributed by atoms with E-state index in [1.165, 1.54) is 6.07 Å². The highest BCUT2D eigenvalue weighted by molar-refractivity contribution is 5.92. The van der Waals surface area contributed by atoms with Crippen LogP contribution in [0.15, 0.2) is 42.6 Å². The van der Waals surface area contributed by atoms with Gasteiger partial charge in [0, 0.05) is 23.5 Å². The van der Waals surface area contributed by atoms with Crippen molar-refractivity contribution in [2.45, 2.75) is 13.1 Å². The number of carbonyl (C=O) groups is 1. The van der Waals surface area contributed by atoms with Gasteiger partial charge in [0.05, 0.1) is 5.56 Å². The zero-order valence-corrected chi connectivity index (χ0v) is 14.1. The van der Waals surface area contributed by atoms with Crippen LogP contribution in [0.2, 0.25) is 0 Å². The summed E-state index contributed by atoms with van der Waals surface area (Å²) < 4.78 is 37.6. The Balaban J connectivity index is 1.58. The largest absolute Gasteiger partial charge is 0.417 e. The van der Waals surface area contributed by atoms with E-state index in [1.807, 2.05) is 6.92 Å². The molecule has 1 fully saturated rings. The van der Waals surface area contributed by atoms with E-state index in [-0.39, 0.29) is 11.8 Å². The van der Waals surface area contributed by atoms with Gasteiger partial charge in [0.15, 0.2) is 0 Å². The van der Waals surface area contributed by atoms with Crippen LogP contribution in [0.4, 0.5) is 30.4 Å². The van der Waals surface area contributed by atoms with Gasteiger partial charge < -0.3 is 16.0 Å². The van der Waals surface area contributed by atoms with Gasteiger partial charge in [0.2, 0.25) is 5.91 Å². The lowest BCUT2D eigenvalue weighted by atomic mass is 9.88. The monoisotopic (exact) mass is 364 g/mol. The first-order chi connectivity index (χ1) is 12.3. The van der Waals surface area contributed by atoms with Crippen molar-refractivity contribution >= 4 is 23.1 Å². The molecule has 5 nitrogen and oxygen atoms in total. The number of hydrogen-bond acceptors (Lipinski definition) is 4. The minimum Gasteiger partial charge on any atom is -0.340 e. The van der Waals surface area contributed by atoms with Crippen LogP contribution in [-0.4, -0.2) is 24.0 Å². The molecule has 0 aliphatic carbocycles. The molecule has 1 aliphatic rings. The number of nitrogens with one attached hydrogen (secondary N) is 3. The minimum atomic E-state index is -4.40. The Kier molecular flexibility index (Phi) is 5.13. The lowest BCUT2D eigenvalue weighted by Gasteiger charge is -2.31. The molecule has 1 atom stereocenters. The van der Waals surface area contributed by atoms with Crippen LogP contribution in [0.1, 0.15) is 12.5 Å². The van der Waals surface area contributed by atoms with Gasteiger partial charge in [-0.3, -0.25) is 4.79 Å². The van der Waals surface area contributed by atoms with E-state index in [9.17, 15) is 18.0 Å². The maximum absolute atomic E-state index is 12.5. The Morgan fingerprint density at radius 3 is 2.31 bits per heavy atom. The fraction of sp³-hybridized carbons (Fsp3) is 0.333. The molecule has 0 radical (unpaired) electrons. The summed E-state index contributed by atoms with van der Waals surface area (Å²) in [5.41, 5.74) is 0.531. The lowest BCUT2D eigenvalue weighted by Crippen LogP contribution is -2.48. The number of benzene rings is 1. The van der Waals surface area contributed by atoms with Gasteiger partial charge >= 0.3 is 6.18 Å². The van der Waals surface area contributed by atoms with Crippen molar-refractivity contribution < 1.29 is 18.0 Å². The van der Waals surface area contributed by atoms with Crippen LogP contribution >= 0.6 is 0 Å². The van der Waals surface area contributed by atoms with Crippen LogP contribution in [-0.2, 0) is 11.0 Å². The topological polar surface area (TPSA) is 66.0 Å². The molecule has 1 amide bonds. The summed E-state index contributed by atoms with van der Waals surface area (Å²) in [7, 11) is 0. The quantitative estimate of drug-likeness (QED) is 0.758. The molecule has 1 aliphatic heterocycles. The zero-order valence-electron chi connectivity index (χ0n) is 14.1. The molecule has 0 saturated carbocycles. The number of amides is 1. The summed E-state index contributed by atoms with van der Waals surface area (Å²) >= 11 is 0. The van der Waals surface area contributed by atoms with E-state index in [0.29, 0.717) is 23.1 Å². The van der Waals surface area contributed by atoms with Gasteiger partial charge in [-0.2, -0.15) is 13.2 Å². The number of hydrogen-bond donors (Lipinski definition) is 3. The normalized spacial score (nSPS) is 15.8. The standard InChI is InChI=1S/C18H19F3N4O/c1-11(12-8-22-9-12)17(26)25-15-5-3-14(4-6-15)24-16-7-2-13(10-23-16)18(19,20)21/h2-7,10-12,22H,8-9H2,1H3,(H,23,24)(H,25,26). The maximum Gasteiger partial charge on any atom is 0.417 e. The third kappa shape index (κ3) is 4.32. The van der Waals surface area contributed by atoms with Gasteiger partial charge in [-0.05, 0) is 55.4 Å². The lowest BCUT2D eigenvalue weighted by molar-refractivity contribution is -0.137. The number of aromatic nitrogens is 1. The van der Waals surface area contributed by atoms with Crippen LogP contribution < -0.4 is 16.0 Å². The fourth-order valence-corrected chi connectivity index (χ4v) is 2.55. The van der Waals surface area contributed by atoms with Gasteiger partial charge in [-0.25, -0.2) is 4.98 Å². The van der Waals surface area contributed by atoms with Crippen molar-refractivity contribution in [3.05, 3.63) is 48.2 Å². The van der Waals surface area contributed by atoms with Crippen molar-refractivity contribution in [3.63, 3.8) is 0 Å². The highest BCUT2D eigenvalue weighted by atomic mass is 19.4. The number of halogens is 3. The Morgan fingerprint density at radius 1 is 1.15 bits per heavy atom. The number of rotatable bonds is 5.